The molecule has 0 aliphatic heterocycles. The van der Waals surface area contributed by atoms with Crippen LogP contribution in [0.5, 0.6) is 0 Å². The maximum atomic E-state index is 12.1. The minimum Gasteiger partial charge on any atom is -0.278 e. The van der Waals surface area contributed by atoms with Crippen LogP contribution >= 0.6 is 11.3 Å². The van der Waals surface area contributed by atoms with Gasteiger partial charge in [0, 0.05) is 0 Å². The Morgan fingerprint density at radius 1 is 1.37 bits per heavy atom. The fourth-order valence-corrected chi connectivity index (χ4v) is 3.74. The lowest BCUT2D eigenvalue weighted by atomic mass is 10.1. The van der Waals surface area contributed by atoms with Crippen molar-refractivity contribution in [1.29, 1.82) is 5.26 Å². The van der Waals surface area contributed by atoms with E-state index in [9.17, 15) is 8.42 Å². The normalized spacial score (nSPS) is 11.0. The molecule has 1 N–H and O–H groups in total. The molecule has 0 amide bonds. The maximum absolute atomic E-state index is 12.1. The SMILES string of the molecule is Cc1ncc(S(=O)(=O)Nc2cccc(C)c2C#N)s1. The first-order chi connectivity index (χ1) is 8.94. The Balaban J connectivity index is 2.42. The molecule has 5 nitrogen and oxygen atoms in total. The molecule has 0 fully saturated rings. The molecule has 0 aliphatic carbocycles. The van der Waals surface area contributed by atoms with Crippen molar-refractivity contribution in [2.24, 2.45) is 0 Å². The first-order valence-corrected chi connectivity index (χ1v) is 7.69. The third kappa shape index (κ3) is 2.75. The van der Waals surface area contributed by atoms with Crippen LogP contribution in [0, 0.1) is 25.2 Å². The third-order valence-electron chi connectivity index (χ3n) is 2.49. The minimum atomic E-state index is -3.69. The second-order valence-electron chi connectivity index (χ2n) is 3.91. The Bertz CT molecular complexity index is 758. The monoisotopic (exact) mass is 293 g/mol. The molecular weight excluding hydrogens is 282 g/mol. The molecule has 2 rings (SSSR count). The number of nitrogens with zero attached hydrogens (tertiary/aromatic N) is 2. The Hall–Kier alpha value is -1.91. The van der Waals surface area contributed by atoms with Gasteiger partial charge in [0.2, 0.25) is 0 Å². The van der Waals surface area contributed by atoms with E-state index in [1.54, 1.807) is 32.0 Å². The highest BCUT2D eigenvalue weighted by atomic mass is 32.2. The number of aromatic nitrogens is 1. The van der Waals surface area contributed by atoms with Gasteiger partial charge in [-0.3, -0.25) is 4.72 Å². The van der Waals surface area contributed by atoms with Crippen LogP contribution in [0.25, 0.3) is 0 Å². The average Bonchev–Trinajstić information content (AvgIpc) is 2.76. The van der Waals surface area contributed by atoms with Gasteiger partial charge >= 0.3 is 0 Å². The van der Waals surface area contributed by atoms with Gasteiger partial charge in [0.15, 0.2) is 4.21 Å². The van der Waals surface area contributed by atoms with Gasteiger partial charge in [-0.1, -0.05) is 12.1 Å². The number of hydrogen-bond acceptors (Lipinski definition) is 5. The van der Waals surface area contributed by atoms with Gasteiger partial charge in [0.1, 0.15) is 6.07 Å². The van der Waals surface area contributed by atoms with E-state index < -0.39 is 10.0 Å². The molecule has 7 heteroatoms. The molecule has 0 radical (unpaired) electrons. The van der Waals surface area contributed by atoms with Crippen molar-refractivity contribution < 1.29 is 8.42 Å². The van der Waals surface area contributed by atoms with Gasteiger partial charge in [-0.25, -0.2) is 13.4 Å². The van der Waals surface area contributed by atoms with Crippen LogP contribution in [0.15, 0.2) is 28.6 Å². The molecule has 1 aromatic carbocycles. The summed E-state index contributed by atoms with van der Waals surface area (Å²) in [4.78, 5) is 3.92. The second kappa shape index (κ2) is 4.99. The summed E-state index contributed by atoms with van der Waals surface area (Å²) in [6.07, 6.45) is 1.31. The second-order valence-corrected chi connectivity index (χ2v) is 7.06. The summed E-state index contributed by atoms with van der Waals surface area (Å²) in [5.74, 6) is 0. The van der Waals surface area contributed by atoms with E-state index >= 15 is 0 Å². The predicted molar refractivity (Wildman–Crippen MR) is 73.6 cm³/mol. The van der Waals surface area contributed by atoms with Crippen LogP contribution in [0.1, 0.15) is 16.1 Å². The fraction of sp³-hybridized carbons (Fsp3) is 0.167. The fourth-order valence-electron chi connectivity index (χ4n) is 1.56. The predicted octanol–water partition coefficient (Wildman–Crippen LogP) is 2.43. The summed E-state index contributed by atoms with van der Waals surface area (Å²) >= 11 is 1.09. The van der Waals surface area contributed by atoms with Crippen LogP contribution in [-0.2, 0) is 10.0 Å². The van der Waals surface area contributed by atoms with E-state index in [1.165, 1.54) is 6.20 Å². The number of anilines is 1. The molecule has 2 aromatic rings. The van der Waals surface area contributed by atoms with Crippen molar-refractivity contribution in [1.82, 2.24) is 4.98 Å². The number of hydrogen-bond donors (Lipinski definition) is 1. The molecule has 19 heavy (non-hydrogen) atoms. The topological polar surface area (TPSA) is 82.8 Å². The van der Waals surface area contributed by atoms with Gasteiger partial charge in [-0.2, -0.15) is 5.26 Å². The Labute approximate surface area is 115 Å². The van der Waals surface area contributed by atoms with Crippen molar-refractivity contribution in [3.63, 3.8) is 0 Å². The largest absolute Gasteiger partial charge is 0.278 e. The molecule has 0 saturated carbocycles. The molecule has 1 aromatic heterocycles. The summed E-state index contributed by atoms with van der Waals surface area (Å²) < 4.78 is 26.9. The molecule has 0 saturated heterocycles. The van der Waals surface area contributed by atoms with E-state index in [-0.39, 0.29) is 9.90 Å². The highest BCUT2D eigenvalue weighted by Gasteiger charge is 2.19. The number of nitriles is 1. The zero-order chi connectivity index (χ0) is 14.0. The van der Waals surface area contributed by atoms with E-state index in [0.29, 0.717) is 10.6 Å². The van der Waals surface area contributed by atoms with Crippen LogP contribution in [0.3, 0.4) is 0 Å². The summed E-state index contributed by atoms with van der Waals surface area (Å²) in [5.41, 5.74) is 1.34. The van der Waals surface area contributed by atoms with Gasteiger partial charge in [-0.15, -0.1) is 11.3 Å². The third-order valence-corrected chi connectivity index (χ3v) is 5.23. The van der Waals surface area contributed by atoms with Gasteiger partial charge in [0.25, 0.3) is 10.0 Å². The Morgan fingerprint density at radius 3 is 2.68 bits per heavy atom. The zero-order valence-corrected chi connectivity index (χ0v) is 12.0. The van der Waals surface area contributed by atoms with Crippen LogP contribution in [-0.4, -0.2) is 13.4 Å². The van der Waals surface area contributed by atoms with E-state index in [4.69, 9.17) is 5.26 Å². The summed E-state index contributed by atoms with van der Waals surface area (Å²) in [6.45, 7) is 3.49. The smallest absolute Gasteiger partial charge is 0.273 e. The lowest BCUT2D eigenvalue weighted by Gasteiger charge is -2.09. The number of benzene rings is 1. The summed E-state index contributed by atoms with van der Waals surface area (Å²) in [5, 5.41) is 9.75. The highest BCUT2D eigenvalue weighted by Crippen LogP contribution is 2.24. The van der Waals surface area contributed by atoms with E-state index in [0.717, 1.165) is 16.9 Å². The minimum absolute atomic E-state index is 0.135. The van der Waals surface area contributed by atoms with Crippen LogP contribution in [0.2, 0.25) is 0 Å². The average molecular weight is 293 g/mol. The lowest BCUT2D eigenvalue weighted by molar-refractivity contribution is 0.603. The Morgan fingerprint density at radius 2 is 2.11 bits per heavy atom. The molecule has 0 aliphatic rings. The molecule has 0 spiro atoms. The zero-order valence-electron chi connectivity index (χ0n) is 10.3. The summed E-state index contributed by atoms with van der Waals surface area (Å²) in [7, 11) is -3.69. The number of nitrogens with one attached hydrogen (secondary N) is 1. The first kappa shape index (κ1) is 13.5. The standard InChI is InChI=1S/C12H11N3O2S2/c1-8-4-3-5-11(10(8)6-13)15-19(16,17)12-7-14-9(2)18-12/h3-5,7,15H,1-2H3. The van der Waals surface area contributed by atoms with Crippen molar-refractivity contribution in [2.45, 2.75) is 18.1 Å². The number of aryl methyl sites for hydroxylation is 2. The molecule has 1 heterocycles. The number of thiazole rings is 1. The van der Waals surface area contributed by atoms with Crippen LogP contribution in [0.4, 0.5) is 5.69 Å². The summed E-state index contributed by atoms with van der Waals surface area (Å²) in [6, 6.07) is 7.03. The molecule has 0 unspecified atom stereocenters. The van der Waals surface area contributed by atoms with Crippen molar-refractivity contribution in [3.05, 3.63) is 40.5 Å². The van der Waals surface area contributed by atoms with Crippen molar-refractivity contribution >= 4 is 27.0 Å². The molecular formula is C12H11N3O2S2. The number of rotatable bonds is 3. The quantitative estimate of drug-likeness (QED) is 0.942. The van der Waals surface area contributed by atoms with Crippen molar-refractivity contribution in [2.75, 3.05) is 4.72 Å². The first-order valence-electron chi connectivity index (χ1n) is 5.39. The molecule has 0 atom stereocenters. The van der Waals surface area contributed by atoms with Gasteiger partial charge in [-0.05, 0) is 25.5 Å². The van der Waals surface area contributed by atoms with Crippen molar-refractivity contribution in [3.8, 4) is 6.07 Å². The maximum Gasteiger partial charge on any atom is 0.273 e. The van der Waals surface area contributed by atoms with Crippen LogP contribution < -0.4 is 4.72 Å². The molecule has 98 valence electrons. The number of sulfonamides is 1. The van der Waals surface area contributed by atoms with E-state index in [2.05, 4.69) is 9.71 Å². The van der Waals surface area contributed by atoms with E-state index in [1.807, 2.05) is 6.07 Å². The molecule has 0 bridgehead atoms. The Kier molecular flexibility index (Phi) is 3.55. The lowest BCUT2D eigenvalue weighted by Crippen LogP contribution is -2.12. The van der Waals surface area contributed by atoms with Gasteiger partial charge in [0.05, 0.1) is 22.5 Å². The highest BCUT2D eigenvalue weighted by molar-refractivity contribution is 7.94. The van der Waals surface area contributed by atoms with Gasteiger partial charge < -0.3 is 0 Å².